The summed E-state index contributed by atoms with van der Waals surface area (Å²) in [6.45, 7) is 7.16. The molecule has 0 aliphatic heterocycles. The van der Waals surface area contributed by atoms with Crippen LogP contribution in [0.4, 0.5) is 0 Å². The number of carboxylic acids is 1. The van der Waals surface area contributed by atoms with Gasteiger partial charge in [-0.2, -0.15) is 0 Å². The van der Waals surface area contributed by atoms with Gasteiger partial charge in [0, 0.05) is 0 Å². The van der Waals surface area contributed by atoms with Crippen LogP contribution in [0, 0.1) is 16.7 Å². The number of aliphatic carboxylic acids is 1. The molecule has 15 heavy (non-hydrogen) atoms. The Morgan fingerprint density at radius 2 is 2.00 bits per heavy atom. The van der Waals surface area contributed by atoms with Gasteiger partial charge in [0.05, 0.1) is 6.42 Å². The fraction of sp³-hybridized carbons (Fsp3) is 0.917. The molecule has 0 heterocycles. The highest BCUT2D eigenvalue weighted by Gasteiger charge is 2.54. The molecule has 0 aromatic heterocycles. The lowest BCUT2D eigenvalue weighted by Gasteiger charge is -2.58. The third-order valence-corrected chi connectivity index (χ3v) is 4.34. The number of carbonyl (C=O) groups is 1. The third kappa shape index (κ3) is 2.17. The van der Waals surface area contributed by atoms with Gasteiger partial charge >= 0.3 is 5.97 Å². The molecule has 0 amide bonds. The van der Waals surface area contributed by atoms with Crippen molar-refractivity contribution in [1.82, 2.24) is 0 Å². The molecule has 1 fully saturated rings. The molecular formula is C12H23NO2. The van der Waals surface area contributed by atoms with Crippen LogP contribution >= 0.6 is 0 Å². The van der Waals surface area contributed by atoms with E-state index < -0.39 is 5.97 Å². The van der Waals surface area contributed by atoms with E-state index in [2.05, 4.69) is 20.8 Å². The maximum atomic E-state index is 10.8. The zero-order chi connectivity index (χ0) is 11.7. The summed E-state index contributed by atoms with van der Waals surface area (Å²) < 4.78 is 0. The molecule has 0 spiro atoms. The van der Waals surface area contributed by atoms with Crippen molar-refractivity contribution in [2.75, 3.05) is 6.54 Å². The van der Waals surface area contributed by atoms with Crippen LogP contribution in [-0.4, -0.2) is 17.6 Å². The van der Waals surface area contributed by atoms with E-state index in [-0.39, 0.29) is 11.8 Å². The first-order chi connectivity index (χ1) is 6.90. The molecule has 1 aliphatic rings. The van der Waals surface area contributed by atoms with Crippen molar-refractivity contribution in [2.45, 2.75) is 46.5 Å². The van der Waals surface area contributed by atoms with Gasteiger partial charge in [0.25, 0.3) is 0 Å². The SMILES string of the molecule is CC[C@]1(C(C)C)C[C@](CN)(CC(=O)O)C1. The number of hydrogen-bond donors (Lipinski definition) is 2. The van der Waals surface area contributed by atoms with Gasteiger partial charge in [-0.3, -0.25) is 4.79 Å². The third-order valence-electron chi connectivity index (χ3n) is 4.34. The van der Waals surface area contributed by atoms with E-state index in [4.69, 9.17) is 10.8 Å². The Bertz CT molecular complexity index is 242. The molecule has 0 atom stereocenters. The molecule has 0 unspecified atom stereocenters. The molecule has 0 saturated heterocycles. The van der Waals surface area contributed by atoms with Crippen LogP contribution in [0.2, 0.25) is 0 Å². The summed E-state index contributed by atoms with van der Waals surface area (Å²) in [6, 6.07) is 0. The Hall–Kier alpha value is -0.570. The summed E-state index contributed by atoms with van der Waals surface area (Å²) in [7, 11) is 0. The van der Waals surface area contributed by atoms with Crippen LogP contribution in [0.3, 0.4) is 0 Å². The molecular weight excluding hydrogens is 190 g/mol. The standard InChI is InChI=1S/C12H23NO2/c1-4-12(9(2)3)6-11(7-12,8-13)5-10(14)15/h9H,4-8,13H2,1-3H3,(H,14,15)/t11-,12+. The van der Waals surface area contributed by atoms with Gasteiger partial charge in [-0.1, -0.05) is 27.2 Å². The topological polar surface area (TPSA) is 63.3 Å². The average molecular weight is 213 g/mol. The molecule has 3 nitrogen and oxygen atoms in total. The summed E-state index contributed by atoms with van der Waals surface area (Å²) >= 11 is 0. The molecule has 3 N–H and O–H groups in total. The first-order valence-corrected chi connectivity index (χ1v) is 5.81. The van der Waals surface area contributed by atoms with Crippen molar-refractivity contribution in [1.29, 1.82) is 0 Å². The van der Waals surface area contributed by atoms with Gasteiger partial charge in [-0.05, 0) is 36.1 Å². The van der Waals surface area contributed by atoms with Crippen LogP contribution in [0.1, 0.15) is 46.5 Å². The van der Waals surface area contributed by atoms with Crippen molar-refractivity contribution in [3.05, 3.63) is 0 Å². The maximum Gasteiger partial charge on any atom is 0.303 e. The fourth-order valence-corrected chi connectivity index (χ4v) is 3.17. The van der Waals surface area contributed by atoms with Crippen LogP contribution in [-0.2, 0) is 4.79 Å². The summed E-state index contributed by atoms with van der Waals surface area (Å²) in [5.74, 6) is -0.0927. The zero-order valence-electron chi connectivity index (χ0n) is 10.0. The van der Waals surface area contributed by atoms with Gasteiger partial charge in [-0.25, -0.2) is 0 Å². The van der Waals surface area contributed by atoms with Gasteiger partial charge in [0.1, 0.15) is 0 Å². The first-order valence-electron chi connectivity index (χ1n) is 5.81. The van der Waals surface area contributed by atoms with E-state index in [0.29, 0.717) is 17.9 Å². The number of rotatable bonds is 5. The fourth-order valence-electron chi connectivity index (χ4n) is 3.17. The number of nitrogens with two attached hydrogens (primary N) is 1. The van der Waals surface area contributed by atoms with Crippen molar-refractivity contribution in [2.24, 2.45) is 22.5 Å². The predicted octanol–water partition coefficient (Wildman–Crippen LogP) is 2.25. The Labute approximate surface area is 92.0 Å². The van der Waals surface area contributed by atoms with Crippen molar-refractivity contribution >= 4 is 5.97 Å². The highest BCUT2D eigenvalue weighted by Crippen LogP contribution is 2.61. The molecule has 0 aromatic rings. The van der Waals surface area contributed by atoms with E-state index in [1.807, 2.05) is 0 Å². The monoisotopic (exact) mass is 213 g/mol. The molecule has 1 saturated carbocycles. The van der Waals surface area contributed by atoms with E-state index >= 15 is 0 Å². The predicted molar refractivity (Wildman–Crippen MR) is 60.5 cm³/mol. The van der Waals surface area contributed by atoms with Crippen LogP contribution in [0.25, 0.3) is 0 Å². The normalized spacial score (nSPS) is 35.3. The van der Waals surface area contributed by atoms with E-state index in [0.717, 1.165) is 19.3 Å². The second kappa shape index (κ2) is 4.12. The lowest BCUT2D eigenvalue weighted by atomic mass is 9.47. The summed E-state index contributed by atoms with van der Waals surface area (Å²) in [5.41, 5.74) is 5.95. The van der Waals surface area contributed by atoms with Gasteiger partial charge in [-0.15, -0.1) is 0 Å². The van der Waals surface area contributed by atoms with Gasteiger partial charge in [0.2, 0.25) is 0 Å². The Morgan fingerprint density at radius 1 is 1.47 bits per heavy atom. The van der Waals surface area contributed by atoms with Gasteiger partial charge < -0.3 is 10.8 Å². The lowest BCUT2D eigenvalue weighted by molar-refractivity contribution is -0.148. The first kappa shape index (κ1) is 12.5. The van der Waals surface area contributed by atoms with Crippen LogP contribution < -0.4 is 5.73 Å². The molecule has 88 valence electrons. The minimum absolute atomic E-state index is 0.119. The summed E-state index contributed by atoms with van der Waals surface area (Å²) in [5, 5.41) is 8.87. The number of hydrogen-bond acceptors (Lipinski definition) is 2. The lowest BCUT2D eigenvalue weighted by Crippen LogP contribution is -2.53. The number of carboxylic acid groups (broad SMARTS) is 1. The van der Waals surface area contributed by atoms with E-state index in [9.17, 15) is 4.79 Å². The molecule has 0 radical (unpaired) electrons. The van der Waals surface area contributed by atoms with Crippen LogP contribution in [0.15, 0.2) is 0 Å². The molecule has 3 heteroatoms. The molecule has 0 aromatic carbocycles. The summed E-state index contributed by atoms with van der Waals surface area (Å²) in [6.07, 6.45) is 3.33. The molecule has 1 rings (SSSR count). The van der Waals surface area contributed by atoms with Crippen LogP contribution in [0.5, 0.6) is 0 Å². The zero-order valence-corrected chi connectivity index (χ0v) is 10.0. The Balaban J connectivity index is 2.67. The quantitative estimate of drug-likeness (QED) is 0.736. The highest BCUT2D eigenvalue weighted by molar-refractivity contribution is 5.68. The van der Waals surface area contributed by atoms with Crippen molar-refractivity contribution in [3.63, 3.8) is 0 Å². The minimum Gasteiger partial charge on any atom is -0.481 e. The van der Waals surface area contributed by atoms with E-state index in [1.54, 1.807) is 0 Å². The molecule has 0 bridgehead atoms. The van der Waals surface area contributed by atoms with Crippen molar-refractivity contribution in [3.8, 4) is 0 Å². The van der Waals surface area contributed by atoms with Crippen molar-refractivity contribution < 1.29 is 9.90 Å². The second-order valence-corrected chi connectivity index (χ2v) is 5.50. The Kier molecular flexibility index (Phi) is 3.44. The highest BCUT2D eigenvalue weighted by atomic mass is 16.4. The van der Waals surface area contributed by atoms with Gasteiger partial charge in [0.15, 0.2) is 0 Å². The maximum absolute atomic E-state index is 10.8. The minimum atomic E-state index is -0.714. The second-order valence-electron chi connectivity index (χ2n) is 5.50. The smallest absolute Gasteiger partial charge is 0.303 e. The Morgan fingerprint density at radius 3 is 2.27 bits per heavy atom. The largest absolute Gasteiger partial charge is 0.481 e. The summed E-state index contributed by atoms with van der Waals surface area (Å²) in [4.78, 5) is 10.8. The average Bonchev–Trinajstić information content (AvgIpc) is 2.09. The molecule has 1 aliphatic carbocycles. The van der Waals surface area contributed by atoms with E-state index in [1.165, 1.54) is 0 Å².